The van der Waals surface area contributed by atoms with Crippen molar-refractivity contribution < 1.29 is 22.7 Å². The van der Waals surface area contributed by atoms with Crippen LogP contribution in [0, 0.1) is 0 Å². The van der Waals surface area contributed by atoms with E-state index in [9.17, 15) is 18.0 Å². The number of carbonyl (C=O) groups excluding carboxylic acids is 1. The number of amides is 1. The van der Waals surface area contributed by atoms with Crippen LogP contribution in [0.15, 0.2) is 48.8 Å². The summed E-state index contributed by atoms with van der Waals surface area (Å²) in [6.07, 6.45) is -1.25. The van der Waals surface area contributed by atoms with Gasteiger partial charge in [0.1, 0.15) is 5.75 Å². The topological polar surface area (TPSA) is 51.2 Å². The van der Waals surface area contributed by atoms with Crippen LogP contribution in [-0.4, -0.2) is 17.5 Å². The number of nitrogens with one attached hydrogen (secondary N) is 1. The van der Waals surface area contributed by atoms with Gasteiger partial charge in [-0.1, -0.05) is 6.07 Å². The highest BCUT2D eigenvalue weighted by atomic mass is 19.4. The number of aromatic nitrogens is 1. The van der Waals surface area contributed by atoms with Crippen LogP contribution in [-0.2, 0) is 17.5 Å². The number of benzene rings is 1. The van der Waals surface area contributed by atoms with Crippen LogP contribution < -0.4 is 10.1 Å². The molecule has 22 heavy (non-hydrogen) atoms. The van der Waals surface area contributed by atoms with Gasteiger partial charge in [-0.3, -0.25) is 9.78 Å². The van der Waals surface area contributed by atoms with Crippen LogP contribution >= 0.6 is 0 Å². The second-order valence-electron chi connectivity index (χ2n) is 4.45. The van der Waals surface area contributed by atoms with E-state index in [1.807, 2.05) is 0 Å². The molecule has 0 spiro atoms. The molecule has 1 aromatic heterocycles. The molecule has 0 atom stereocenters. The number of ether oxygens (including phenoxy) is 1. The summed E-state index contributed by atoms with van der Waals surface area (Å²) >= 11 is 0. The predicted molar refractivity (Wildman–Crippen MR) is 73.0 cm³/mol. The van der Waals surface area contributed by atoms with Gasteiger partial charge in [-0.25, -0.2) is 0 Å². The van der Waals surface area contributed by atoms with Crippen LogP contribution in [0.5, 0.6) is 5.75 Å². The molecule has 2 rings (SSSR count). The molecule has 0 radical (unpaired) electrons. The van der Waals surface area contributed by atoms with Crippen LogP contribution in [0.4, 0.5) is 13.2 Å². The number of rotatable bonds is 5. The van der Waals surface area contributed by atoms with E-state index in [0.29, 0.717) is 6.54 Å². The zero-order valence-electron chi connectivity index (χ0n) is 11.4. The molecule has 0 aliphatic heterocycles. The minimum Gasteiger partial charge on any atom is -0.484 e. The van der Waals surface area contributed by atoms with Gasteiger partial charge in [0.05, 0.1) is 5.56 Å². The quantitative estimate of drug-likeness (QED) is 0.924. The smallest absolute Gasteiger partial charge is 0.416 e. The molecule has 7 heteroatoms. The summed E-state index contributed by atoms with van der Waals surface area (Å²) in [6, 6.07) is 7.88. The predicted octanol–water partition coefficient (Wildman–Crippen LogP) is 2.80. The lowest BCUT2D eigenvalue weighted by molar-refractivity contribution is -0.137. The molecule has 0 saturated carbocycles. The van der Waals surface area contributed by atoms with Gasteiger partial charge < -0.3 is 10.1 Å². The van der Waals surface area contributed by atoms with Crippen LogP contribution in [0.25, 0.3) is 0 Å². The fourth-order valence-corrected chi connectivity index (χ4v) is 1.66. The van der Waals surface area contributed by atoms with Crippen molar-refractivity contribution in [1.82, 2.24) is 10.3 Å². The number of alkyl halides is 3. The Morgan fingerprint density at radius 1 is 1.18 bits per heavy atom. The number of nitrogens with zero attached hydrogens (tertiary/aromatic N) is 1. The Morgan fingerprint density at radius 3 is 2.59 bits per heavy atom. The van der Waals surface area contributed by atoms with Crippen molar-refractivity contribution in [2.24, 2.45) is 0 Å². The molecule has 1 heterocycles. The fraction of sp³-hybridized carbons (Fsp3) is 0.200. The molecule has 0 bridgehead atoms. The first-order chi connectivity index (χ1) is 10.4. The Kier molecular flexibility index (Phi) is 4.98. The zero-order chi connectivity index (χ0) is 16.0. The van der Waals surface area contributed by atoms with Crippen molar-refractivity contribution in [3.63, 3.8) is 0 Å². The standard InChI is InChI=1S/C15H13F3N2O2/c16-15(17,18)12-2-1-3-13(8-12)22-10-14(21)20-9-11-4-6-19-7-5-11/h1-8H,9-10H2,(H,20,21). The third-order valence-electron chi connectivity index (χ3n) is 2.77. The van der Waals surface area contributed by atoms with Crippen molar-refractivity contribution >= 4 is 5.91 Å². The van der Waals surface area contributed by atoms with Gasteiger partial charge in [-0.05, 0) is 35.9 Å². The largest absolute Gasteiger partial charge is 0.484 e. The molecule has 1 amide bonds. The van der Waals surface area contributed by atoms with Crippen molar-refractivity contribution in [3.8, 4) is 5.75 Å². The van der Waals surface area contributed by atoms with Gasteiger partial charge in [0.25, 0.3) is 5.91 Å². The number of carbonyl (C=O) groups is 1. The van der Waals surface area contributed by atoms with E-state index in [1.54, 1.807) is 24.5 Å². The van der Waals surface area contributed by atoms with E-state index < -0.39 is 17.6 Å². The Hall–Kier alpha value is -2.57. The number of pyridine rings is 1. The van der Waals surface area contributed by atoms with Gasteiger partial charge in [-0.2, -0.15) is 13.2 Å². The second kappa shape index (κ2) is 6.93. The lowest BCUT2D eigenvalue weighted by atomic mass is 10.2. The first kappa shape index (κ1) is 15.8. The molecule has 1 aromatic carbocycles. The summed E-state index contributed by atoms with van der Waals surface area (Å²) in [5.74, 6) is -0.428. The molecule has 1 N–H and O–H groups in total. The first-order valence-electron chi connectivity index (χ1n) is 6.41. The highest BCUT2D eigenvalue weighted by molar-refractivity contribution is 5.77. The summed E-state index contributed by atoms with van der Waals surface area (Å²) in [6.45, 7) is -0.0559. The normalized spacial score (nSPS) is 11.0. The highest BCUT2D eigenvalue weighted by Gasteiger charge is 2.30. The van der Waals surface area contributed by atoms with Gasteiger partial charge in [0.15, 0.2) is 6.61 Å². The minimum absolute atomic E-state index is 0.00566. The Labute approximate surface area is 124 Å². The number of halogens is 3. The molecule has 2 aromatic rings. The molecule has 0 unspecified atom stereocenters. The number of hydrogen-bond donors (Lipinski definition) is 1. The van der Waals surface area contributed by atoms with Crippen molar-refractivity contribution in [2.45, 2.75) is 12.7 Å². The molecule has 4 nitrogen and oxygen atoms in total. The van der Waals surface area contributed by atoms with Crippen LogP contribution in [0.3, 0.4) is 0 Å². The Balaban J connectivity index is 1.84. The van der Waals surface area contributed by atoms with E-state index in [0.717, 1.165) is 17.7 Å². The summed E-state index contributed by atoms with van der Waals surface area (Å²) in [4.78, 5) is 15.4. The van der Waals surface area contributed by atoms with Gasteiger partial charge >= 0.3 is 6.18 Å². The maximum atomic E-state index is 12.5. The van der Waals surface area contributed by atoms with Crippen molar-refractivity contribution in [1.29, 1.82) is 0 Å². The Bertz CT molecular complexity index is 630. The second-order valence-corrected chi connectivity index (χ2v) is 4.45. The Morgan fingerprint density at radius 2 is 1.91 bits per heavy atom. The third kappa shape index (κ3) is 4.76. The van der Waals surface area contributed by atoms with E-state index in [-0.39, 0.29) is 12.4 Å². The summed E-state index contributed by atoms with van der Waals surface area (Å²) in [7, 11) is 0. The van der Waals surface area contributed by atoms with Gasteiger partial charge in [-0.15, -0.1) is 0 Å². The molecule has 116 valence electrons. The maximum absolute atomic E-state index is 12.5. The summed E-state index contributed by atoms with van der Waals surface area (Å²) in [5, 5.41) is 2.60. The maximum Gasteiger partial charge on any atom is 0.416 e. The first-order valence-corrected chi connectivity index (χ1v) is 6.41. The zero-order valence-corrected chi connectivity index (χ0v) is 11.4. The molecule has 0 aliphatic rings. The molecule has 0 fully saturated rings. The lowest BCUT2D eigenvalue weighted by Gasteiger charge is -2.10. The average molecular weight is 310 g/mol. The minimum atomic E-state index is -4.44. The summed E-state index contributed by atoms with van der Waals surface area (Å²) in [5.41, 5.74) is 0.0459. The average Bonchev–Trinajstić information content (AvgIpc) is 2.51. The number of hydrogen-bond acceptors (Lipinski definition) is 3. The monoisotopic (exact) mass is 310 g/mol. The molecule has 0 saturated heterocycles. The van der Waals surface area contributed by atoms with E-state index in [1.165, 1.54) is 12.1 Å². The van der Waals surface area contributed by atoms with Gasteiger partial charge in [0.2, 0.25) is 0 Å². The van der Waals surface area contributed by atoms with Crippen LogP contribution in [0.2, 0.25) is 0 Å². The van der Waals surface area contributed by atoms with Crippen molar-refractivity contribution in [2.75, 3.05) is 6.61 Å². The SMILES string of the molecule is O=C(COc1cccc(C(F)(F)F)c1)NCc1ccncc1. The molecule has 0 aliphatic carbocycles. The lowest BCUT2D eigenvalue weighted by Crippen LogP contribution is -2.28. The molecular weight excluding hydrogens is 297 g/mol. The molecular formula is C15H13F3N2O2. The van der Waals surface area contributed by atoms with E-state index in [4.69, 9.17) is 4.74 Å². The van der Waals surface area contributed by atoms with Crippen LogP contribution in [0.1, 0.15) is 11.1 Å². The van der Waals surface area contributed by atoms with E-state index in [2.05, 4.69) is 10.3 Å². The van der Waals surface area contributed by atoms with Gasteiger partial charge in [0, 0.05) is 18.9 Å². The van der Waals surface area contributed by atoms with E-state index >= 15 is 0 Å². The fourth-order valence-electron chi connectivity index (χ4n) is 1.66. The third-order valence-corrected chi connectivity index (χ3v) is 2.77. The van der Waals surface area contributed by atoms with Crippen molar-refractivity contribution in [3.05, 3.63) is 59.9 Å². The summed E-state index contributed by atoms with van der Waals surface area (Å²) < 4.78 is 42.7. The highest BCUT2D eigenvalue weighted by Crippen LogP contribution is 2.31.